The minimum absolute atomic E-state index is 0.128. The number of nitrogens with one attached hydrogen (secondary N) is 2. The molecule has 0 atom stereocenters. The van der Waals surface area contributed by atoms with E-state index in [1.165, 1.54) is 12.1 Å². The highest BCUT2D eigenvalue weighted by molar-refractivity contribution is 6.10. The number of rotatable bonds is 2. The van der Waals surface area contributed by atoms with Gasteiger partial charge in [0.25, 0.3) is 11.8 Å². The van der Waals surface area contributed by atoms with Gasteiger partial charge in [-0.1, -0.05) is 30.3 Å². The molecule has 0 radical (unpaired) electrons. The van der Waals surface area contributed by atoms with Crippen molar-refractivity contribution in [3.8, 4) is 11.5 Å². The molecule has 3 aromatic carbocycles. The second-order valence-corrected chi connectivity index (χ2v) is 6.70. The largest absolute Gasteiger partial charge is 0.454 e. The number of carbonyl (C=O) groups excluding carboxylic acids is 2. The molecular weight excluding hydrogens is 384 g/mol. The molecule has 1 aliphatic heterocycles. The van der Waals surface area contributed by atoms with Gasteiger partial charge < -0.3 is 19.8 Å². The van der Waals surface area contributed by atoms with Gasteiger partial charge in [-0.05, 0) is 42.5 Å². The van der Waals surface area contributed by atoms with Crippen molar-refractivity contribution < 1.29 is 18.7 Å². The highest BCUT2D eigenvalue weighted by atomic mass is 16.5. The average molecular weight is 398 g/mol. The van der Waals surface area contributed by atoms with Crippen LogP contribution in [0.15, 0.2) is 82.0 Å². The van der Waals surface area contributed by atoms with Crippen molar-refractivity contribution in [3.05, 3.63) is 94.3 Å². The van der Waals surface area contributed by atoms with Crippen LogP contribution in [0.25, 0.3) is 11.0 Å². The van der Waals surface area contributed by atoms with Crippen LogP contribution in [-0.4, -0.2) is 11.8 Å². The van der Waals surface area contributed by atoms with E-state index in [4.69, 9.17) is 9.15 Å². The first-order chi connectivity index (χ1) is 14.6. The molecule has 5 rings (SSSR count). The summed E-state index contributed by atoms with van der Waals surface area (Å²) in [5, 5.41) is 6.05. The van der Waals surface area contributed by atoms with Crippen LogP contribution in [0.1, 0.15) is 20.7 Å². The molecule has 0 saturated carbocycles. The van der Waals surface area contributed by atoms with Gasteiger partial charge in [-0.25, -0.2) is 4.79 Å². The number of hydrogen-bond donors (Lipinski definition) is 2. The van der Waals surface area contributed by atoms with Gasteiger partial charge in [-0.3, -0.25) is 9.59 Å². The lowest BCUT2D eigenvalue weighted by atomic mass is 10.1. The van der Waals surface area contributed by atoms with Gasteiger partial charge in [-0.15, -0.1) is 0 Å². The van der Waals surface area contributed by atoms with E-state index in [2.05, 4.69) is 10.6 Å². The van der Waals surface area contributed by atoms with Gasteiger partial charge in [0.1, 0.15) is 16.9 Å². The SMILES string of the molecule is O=C1Nc2ccccc2Oc2ccc(NC(=O)c3cc4ccccc4oc3=O)cc21. The molecule has 7 heteroatoms. The molecule has 0 saturated heterocycles. The number of ether oxygens (including phenoxy) is 1. The summed E-state index contributed by atoms with van der Waals surface area (Å²) < 4.78 is 11.0. The number of amides is 2. The number of hydrogen-bond acceptors (Lipinski definition) is 5. The molecule has 0 fully saturated rings. The lowest BCUT2D eigenvalue weighted by Gasteiger charge is -2.10. The Morgan fingerprint density at radius 3 is 2.57 bits per heavy atom. The number of anilines is 2. The minimum atomic E-state index is -0.738. The Balaban J connectivity index is 1.46. The third-order valence-electron chi connectivity index (χ3n) is 4.72. The Morgan fingerprint density at radius 2 is 1.67 bits per heavy atom. The van der Waals surface area contributed by atoms with Gasteiger partial charge in [0, 0.05) is 11.1 Å². The predicted octanol–water partition coefficient (Wildman–Crippen LogP) is 4.40. The van der Waals surface area contributed by atoms with Crippen molar-refractivity contribution in [2.75, 3.05) is 10.6 Å². The maximum Gasteiger partial charge on any atom is 0.349 e. The second-order valence-electron chi connectivity index (χ2n) is 6.70. The molecule has 0 spiro atoms. The summed E-state index contributed by atoms with van der Waals surface area (Å²) in [6.45, 7) is 0. The summed E-state index contributed by atoms with van der Waals surface area (Å²) in [7, 11) is 0. The van der Waals surface area contributed by atoms with Gasteiger partial charge in [0.15, 0.2) is 5.75 Å². The summed E-state index contributed by atoms with van der Waals surface area (Å²) in [6, 6.07) is 20.2. The smallest absolute Gasteiger partial charge is 0.349 e. The third kappa shape index (κ3) is 3.08. The van der Waals surface area contributed by atoms with Crippen LogP contribution in [0, 0.1) is 0 Å². The van der Waals surface area contributed by atoms with E-state index in [0.29, 0.717) is 33.8 Å². The van der Waals surface area contributed by atoms with E-state index in [1.807, 2.05) is 0 Å². The highest BCUT2D eigenvalue weighted by Gasteiger charge is 2.22. The van der Waals surface area contributed by atoms with Gasteiger partial charge in [0.2, 0.25) is 0 Å². The van der Waals surface area contributed by atoms with E-state index < -0.39 is 11.5 Å². The number of fused-ring (bicyclic) bond motifs is 3. The fourth-order valence-corrected chi connectivity index (χ4v) is 3.26. The molecule has 2 heterocycles. The molecule has 0 unspecified atom stereocenters. The first-order valence-corrected chi connectivity index (χ1v) is 9.15. The van der Waals surface area contributed by atoms with E-state index in [1.54, 1.807) is 60.7 Å². The highest BCUT2D eigenvalue weighted by Crippen LogP contribution is 2.36. The van der Waals surface area contributed by atoms with Gasteiger partial charge in [0.05, 0.1) is 11.3 Å². The zero-order valence-corrected chi connectivity index (χ0v) is 15.5. The van der Waals surface area contributed by atoms with Crippen LogP contribution in [0.2, 0.25) is 0 Å². The normalized spacial score (nSPS) is 12.2. The van der Waals surface area contributed by atoms with Crippen LogP contribution in [0.3, 0.4) is 0 Å². The Morgan fingerprint density at radius 1 is 0.867 bits per heavy atom. The molecule has 2 amide bonds. The molecular formula is C23H14N2O5. The van der Waals surface area contributed by atoms with E-state index in [9.17, 15) is 14.4 Å². The van der Waals surface area contributed by atoms with Crippen molar-refractivity contribution in [3.63, 3.8) is 0 Å². The van der Waals surface area contributed by atoms with Crippen LogP contribution in [0.4, 0.5) is 11.4 Å². The van der Waals surface area contributed by atoms with E-state index in [-0.39, 0.29) is 17.0 Å². The maximum atomic E-state index is 12.7. The van der Waals surface area contributed by atoms with Crippen molar-refractivity contribution in [2.45, 2.75) is 0 Å². The Kier molecular flexibility index (Phi) is 4.07. The summed E-state index contributed by atoms with van der Waals surface area (Å²) in [4.78, 5) is 37.5. The van der Waals surface area contributed by atoms with E-state index >= 15 is 0 Å². The molecule has 1 aliphatic rings. The van der Waals surface area contributed by atoms with Crippen LogP contribution >= 0.6 is 0 Å². The van der Waals surface area contributed by atoms with Gasteiger partial charge >= 0.3 is 5.63 Å². The maximum absolute atomic E-state index is 12.7. The predicted molar refractivity (Wildman–Crippen MR) is 111 cm³/mol. The minimum Gasteiger partial charge on any atom is -0.454 e. The van der Waals surface area contributed by atoms with Gasteiger partial charge in [-0.2, -0.15) is 0 Å². The second kappa shape index (κ2) is 6.89. The zero-order valence-electron chi connectivity index (χ0n) is 15.5. The lowest BCUT2D eigenvalue weighted by molar-refractivity contribution is 0.101. The quantitative estimate of drug-likeness (QED) is 0.488. The lowest BCUT2D eigenvalue weighted by Crippen LogP contribution is -2.21. The fraction of sp³-hybridized carbons (Fsp3) is 0. The molecule has 0 bridgehead atoms. The summed E-state index contributed by atoms with van der Waals surface area (Å²) in [6.07, 6.45) is 0. The Bertz CT molecular complexity index is 1390. The third-order valence-corrected chi connectivity index (χ3v) is 4.72. The average Bonchev–Trinajstić information content (AvgIpc) is 2.89. The summed E-state index contributed by atoms with van der Waals surface area (Å²) in [5.74, 6) is -0.111. The van der Waals surface area contributed by atoms with Crippen molar-refractivity contribution in [1.82, 2.24) is 0 Å². The molecule has 146 valence electrons. The topological polar surface area (TPSA) is 97.6 Å². The fourth-order valence-electron chi connectivity index (χ4n) is 3.26. The Labute approximate surface area is 169 Å². The van der Waals surface area contributed by atoms with Crippen LogP contribution in [0.5, 0.6) is 11.5 Å². The van der Waals surface area contributed by atoms with Crippen LogP contribution < -0.4 is 21.0 Å². The molecule has 2 N–H and O–H groups in total. The molecule has 0 aliphatic carbocycles. The summed E-state index contributed by atoms with van der Waals surface area (Å²) in [5.41, 5.74) is 0.690. The molecule has 30 heavy (non-hydrogen) atoms. The number of para-hydroxylation sites is 3. The standard InChI is InChI=1S/C23H14N2O5/c26-21-15-12-14(9-10-19(15)29-20-8-4-2-6-17(20)25-21)24-22(27)16-11-13-5-1-3-7-18(13)30-23(16)28/h1-12H,(H,24,27)(H,25,26). The monoisotopic (exact) mass is 398 g/mol. The number of benzene rings is 3. The first-order valence-electron chi connectivity index (χ1n) is 9.15. The van der Waals surface area contributed by atoms with Crippen molar-refractivity contribution in [1.29, 1.82) is 0 Å². The first kappa shape index (κ1) is 17.7. The van der Waals surface area contributed by atoms with Crippen LogP contribution in [-0.2, 0) is 0 Å². The Hall–Kier alpha value is -4.39. The zero-order chi connectivity index (χ0) is 20.7. The van der Waals surface area contributed by atoms with Crippen molar-refractivity contribution in [2.24, 2.45) is 0 Å². The van der Waals surface area contributed by atoms with E-state index in [0.717, 1.165) is 0 Å². The van der Waals surface area contributed by atoms with Crippen molar-refractivity contribution >= 4 is 34.2 Å². The molecule has 1 aromatic heterocycles. The summed E-state index contributed by atoms with van der Waals surface area (Å²) >= 11 is 0. The molecule has 4 aromatic rings. The number of carbonyl (C=O) groups is 2. The molecule has 7 nitrogen and oxygen atoms in total.